The van der Waals surface area contributed by atoms with E-state index in [1.807, 2.05) is 0 Å². The Bertz CT molecular complexity index is 231. The predicted molar refractivity (Wildman–Crippen MR) is 51.1 cm³/mol. The molecule has 0 aliphatic carbocycles. The number of carbonyl (C=O) groups is 1. The number of fused-ring (bicyclic) bond motifs is 1. The summed E-state index contributed by atoms with van der Waals surface area (Å²) >= 11 is 0. The van der Waals surface area contributed by atoms with Crippen LogP contribution in [0.5, 0.6) is 0 Å². The van der Waals surface area contributed by atoms with Crippen LogP contribution >= 0.6 is 0 Å². The van der Waals surface area contributed by atoms with Crippen molar-refractivity contribution in [3.8, 4) is 0 Å². The topological polar surface area (TPSA) is 49.8 Å². The first-order valence-electron chi connectivity index (χ1n) is 5.23. The van der Waals surface area contributed by atoms with Crippen molar-refractivity contribution in [1.29, 1.82) is 0 Å². The molecule has 0 unspecified atom stereocenters. The molecule has 0 radical (unpaired) electrons. The molecule has 3 atom stereocenters. The van der Waals surface area contributed by atoms with Gasteiger partial charge < -0.3 is 9.84 Å². The lowest BCUT2D eigenvalue weighted by molar-refractivity contribution is -0.143. The third-order valence-corrected chi connectivity index (χ3v) is 3.49. The third-order valence-electron chi connectivity index (χ3n) is 3.49. The van der Waals surface area contributed by atoms with Gasteiger partial charge in [-0.25, -0.2) is 0 Å². The minimum absolute atomic E-state index is 0.350. The molecule has 2 rings (SSSR count). The molecule has 0 saturated carbocycles. The Hall–Kier alpha value is -0.610. The van der Waals surface area contributed by atoms with Crippen LogP contribution in [0.15, 0.2) is 0 Å². The molecule has 1 N–H and O–H groups in total. The van der Waals surface area contributed by atoms with Crippen LogP contribution in [0.2, 0.25) is 0 Å². The summed E-state index contributed by atoms with van der Waals surface area (Å²) in [7, 11) is 0. The largest absolute Gasteiger partial charge is 0.480 e. The van der Waals surface area contributed by atoms with Crippen molar-refractivity contribution >= 4 is 5.97 Å². The van der Waals surface area contributed by atoms with Crippen molar-refractivity contribution in [2.45, 2.75) is 19.4 Å². The molecule has 0 aromatic rings. The maximum Gasteiger partial charge on any atom is 0.320 e. The average molecular weight is 199 g/mol. The van der Waals surface area contributed by atoms with Gasteiger partial charge in [-0.2, -0.15) is 0 Å². The minimum atomic E-state index is -0.720. The van der Waals surface area contributed by atoms with Gasteiger partial charge in [0.1, 0.15) is 6.04 Å². The SMILES string of the molecule is C[C@H](C(=O)O)N1CC[C@H]2COC[C@@H]2C1. The first kappa shape index (κ1) is 9.93. The van der Waals surface area contributed by atoms with Gasteiger partial charge in [0.15, 0.2) is 0 Å². The molecule has 4 heteroatoms. The fourth-order valence-electron chi connectivity index (χ4n) is 2.40. The summed E-state index contributed by atoms with van der Waals surface area (Å²) < 4.78 is 5.41. The van der Waals surface area contributed by atoms with Gasteiger partial charge in [-0.15, -0.1) is 0 Å². The number of piperidine rings is 1. The van der Waals surface area contributed by atoms with Gasteiger partial charge in [0.25, 0.3) is 0 Å². The highest BCUT2D eigenvalue weighted by molar-refractivity contribution is 5.72. The number of hydrogen-bond donors (Lipinski definition) is 1. The van der Waals surface area contributed by atoms with E-state index in [9.17, 15) is 4.79 Å². The lowest BCUT2D eigenvalue weighted by Gasteiger charge is -2.36. The summed E-state index contributed by atoms with van der Waals surface area (Å²) in [5.74, 6) is 0.514. The van der Waals surface area contributed by atoms with Gasteiger partial charge in [0, 0.05) is 19.1 Å². The molecular weight excluding hydrogens is 182 g/mol. The molecule has 2 aliphatic rings. The van der Waals surface area contributed by atoms with E-state index in [0.29, 0.717) is 11.8 Å². The van der Waals surface area contributed by atoms with Crippen LogP contribution in [0.4, 0.5) is 0 Å². The molecular formula is C10H17NO3. The first-order valence-corrected chi connectivity index (χ1v) is 5.23. The van der Waals surface area contributed by atoms with Gasteiger partial charge in [-0.3, -0.25) is 9.69 Å². The molecule has 14 heavy (non-hydrogen) atoms. The van der Waals surface area contributed by atoms with Crippen LogP contribution in [0.25, 0.3) is 0 Å². The summed E-state index contributed by atoms with van der Waals surface area (Å²) in [6.45, 7) is 5.24. The molecule has 2 heterocycles. The number of hydrogen-bond acceptors (Lipinski definition) is 3. The molecule has 0 bridgehead atoms. The Morgan fingerprint density at radius 2 is 2.21 bits per heavy atom. The van der Waals surface area contributed by atoms with Gasteiger partial charge in [0.2, 0.25) is 0 Å². The average Bonchev–Trinajstić information content (AvgIpc) is 2.62. The number of ether oxygens (including phenoxy) is 1. The standard InChI is InChI=1S/C10H17NO3/c1-7(10(12)13)11-3-2-8-5-14-6-9(8)4-11/h7-9H,2-6H2,1H3,(H,12,13)/t7-,8+,9+/m1/s1. The van der Waals surface area contributed by atoms with Crippen molar-refractivity contribution in [3.63, 3.8) is 0 Å². The van der Waals surface area contributed by atoms with E-state index in [4.69, 9.17) is 9.84 Å². The summed E-state index contributed by atoms with van der Waals surface area (Å²) in [6, 6.07) is -0.350. The smallest absolute Gasteiger partial charge is 0.320 e. The lowest BCUT2D eigenvalue weighted by atomic mass is 9.88. The van der Waals surface area contributed by atoms with E-state index in [2.05, 4.69) is 4.90 Å². The van der Waals surface area contributed by atoms with E-state index in [1.165, 1.54) is 0 Å². The minimum Gasteiger partial charge on any atom is -0.480 e. The van der Waals surface area contributed by atoms with Crippen LogP contribution in [-0.4, -0.2) is 48.3 Å². The maximum atomic E-state index is 10.8. The zero-order chi connectivity index (χ0) is 10.1. The van der Waals surface area contributed by atoms with Crippen molar-refractivity contribution in [3.05, 3.63) is 0 Å². The molecule has 0 spiro atoms. The second-order valence-corrected chi connectivity index (χ2v) is 4.36. The van der Waals surface area contributed by atoms with E-state index in [1.54, 1.807) is 6.92 Å². The fraction of sp³-hybridized carbons (Fsp3) is 0.900. The summed E-state index contributed by atoms with van der Waals surface area (Å²) in [5, 5.41) is 8.90. The Balaban J connectivity index is 1.94. The van der Waals surface area contributed by atoms with Crippen molar-refractivity contribution < 1.29 is 14.6 Å². The number of carboxylic acid groups (broad SMARTS) is 1. The third kappa shape index (κ3) is 1.77. The predicted octanol–water partition coefficient (Wildman–Crippen LogP) is 0.428. The van der Waals surface area contributed by atoms with Gasteiger partial charge >= 0.3 is 5.97 Å². The van der Waals surface area contributed by atoms with Crippen LogP contribution in [0.3, 0.4) is 0 Å². The Morgan fingerprint density at radius 1 is 1.50 bits per heavy atom. The van der Waals surface area contributed by atoms with Crippen LogP contribution in [0, 0.1) is 11.8 Å². The number of nitrogens with zero attached hydrogens (tertiary/aromatic N) is 1. The first-order chi connectivity index (χ1) is 6.68. The molecule has 4 nitrogen and oxygen atoms in total. The van der Waals surface area contributed by atoms with Crippen LogP contribution in [-0.2, 0) is 9.53 Å². The summed E-state index contributed by atoms with van der Waals surface area (Å²) in [4.78, 5) is 12.9. The molecule has 2 aliphatic heterocycles. The quantitative estimate of drug-likeness (QED) is 0.700. The number of rotatable bonds is 2. The van der Waals surface area contributed by atoms with Crippen molar-refractivity contribution in [2.75, 3.05) is 26.3 Å². The maximum absolute atomic E-state index is 10.8. The van der Waals surface area contributed by atoms with Gasteiger partial charge in [-0.1, -0.05) is 0 Å². The summed E-state index contributed by atoms with van der Waals surface area (Å²) in [6.07, 6.45) is 1.09. The van der Waals surface area contributed by atoms with Crippen molar-refractivity contribution in [1.82, 2.24) is 4.90 Å². The zero-order valence-electron chi connectivity index (χ0n) is 8.48. The monoisotopic (exact) mass is 199 g/mol. The highest BCUT2D eigenvalue weighted by Gasteiger charge is 2.36. The molecule has 0 aromatic heterocycles. The molecule has 0 aromatic carbocycles. The second kappa shape index (κ2) is 3.87. The highest BCUT2D eigenvalue weighted by atomic mass is 16.5. The molecule has 80 valence electrons. The van der Waals surface area contributed by atoms with E-state index >= 15 is 0 Å². The van der Waals surface area contributed by atoms with Crippen LogP contribution < -0.4 is 0 Å². The molecule has 0 amide bonds. The number of aliphatic carboxylic acids is 1. The molecule has 2 fully saturated rings. The molecule has 2 saturated heterocycles. The highest BCUT2D eigenvalue weighted by Crippen LogP contribution is 2.29. The second-order valence-electron chi connectivity index (χ2n) is 4.36. The summed E-state index contributed by atoms with van der Waals surface area (Å²) in [5.41, 5.74) is 0. The lowest BCUT2D eigenvalue weighted by Crippen LogP contribution is -2.47. The zero-order valence-corrected chi connectivity index (χ0v) is 8.48. The fourth-order valence-corrected chi connectivity index (χ4v) is 2.40. The van der Waals surface area contributed by atoms with E-state index in [0.717, 1.165) is 32.7 Å². The Labute approximate surface area is 83.8 Å². The Morgan fingerprint density at radius 3 is 2.93 bits per heavy atom. The van der Waals surface area contributed by atoms with Gasteiger partial charge in [0.05, 0.1) is 6.61 Å². The van der Waals surface area contributed by atoms with E-state index in [-0.39, 0.29) is 6.04 Å². The Kier molecular flexibility index (Phi) is 2.74. The van der Waals surface area contributed by atoms with Crippen LogP contribution in [0.1, 0.15) is 13.3 Å². The van der Waals surface area contributed by atoms with E-state index < -0.39 is 5.97 Å². The number of likely N-dealkylation sites (tertiary alicyclic amines) is 1. The normalized spacial score (nSPS) is 35.2. The van der Waals surface area contributed by atoms with Crippen molar-refractivity contribution in [2.24, 2.45) is 11.8 Å². The number of carboxylic acids is 1. The van der Waals surface area contributed by atoms with Gasteiger partial charge in [-0.05, 0) is 25.8 Å².